The Bertz CT molecular complexity index is 1470. The molecular weight excluding hydrogens is 579 g/mol. The summed E-state index contributed by atoms with van der Waals surface area (Å²) in [5, 5.41) is 2.87. The molecule has 0 radical (unpaired) electrons. The number of urea groups is 1. The topological polar surface area (TPSA) is 103 Å². The molecule has 1 aliphatic heterocycles. The molecule has 4 aromatic rings. The van der Waals surface area contributed by atoms with Crippen LogP contribution in [0.15, 0.2) is 121 Å². The predicted octanol–water partition coefficient (Wildman–Crippen LogP) is 6.80. The number of nitrogens with one attached hydrogen (secondary N) is 1. The van der Waals surface area contributed by atoms with Gasteiger partial charge in [0.25, 0.3) is 0 Å². The lowest BCUT2D eigenvalue weighted by atomic mass is 10.1. The van der Waals surface area contributed by atoms with Crippen LogP contribution in [0.25, 0.3) is 0 Å². The number of para-hydroxylation sites is 2. The monoisotopic (exact) mass is 614 g/mol. The van der Waals surface area contributed by atoms with E-state index in [-0.39, 0.29) is 19.1 Å². The SMILES string of the molecule is O=C(OCc1ccccc1)[C@H](Cc1ccccc1)NC(=O)N1CCC(OP(=O)(Oc2ccccc2)Oc2ccccc2)CC1. The Balaban J connectivity index is 1.19. The molecule has 1 N–H and O–H groups in total. The number of likely N-dealkylation sites (tertiary alicyclic amines) is 1. The van der Waals surface area contributed by atoms with Gasteiger partial charge in [-0.2, -0.15) is 0 Å². The molecular formula is C34H35N2O7P. The third kappa shape index (κ3) is 9.20. The summed E-state index contributed by atoms with van der Waals surface area (Å²) in [4.78, 5) is 28.0. The van der Waals surface area contributed by atoms with E-state index in [1.54, 1.807) is 53.4 Å². The fraction of sp³-hybridized carbons (Fsp3) is 0.235. The average Bonchev–Trinajstić information content (AvgIpc) is 3.05. The summed E-state index contributed by atoms with van der Waals surface area (Å²) in [5.74, 6) is 0.195. The van der Waals surface area contributed by atoms with E-state index in [1.807, 2.05) is 72.8 Å². The molecule has 4 aromatic carbocycles. The van der Waals surface area contributed by atoms with Gasteiger partial charge in [0.2, 0.25) is 0 Å². The predicted molar refractivity (Wildman–Crippen MR) is 166 cm³/mol. The van der Waals surface area contributed by atoms with Crippen LogP contribution in [0.1, 0.15) is 24.0 Å². The number of hydrogen-bond donors (Lipinski definition) is 1. The second-order valence-electron chi connectivity index (χ2n) is 10.3. The number of nitrogens with zero attached hydrogens (tertiary/aromatic N) is 1. The highest BCUT2D eigenvalue weighted by Crippen LogP contribution is 2.51. The second kappa shape index (κ2) is 15.2. The van der Waals surface area contributed by atoms with Crippen LogP contribution in [0.2, 0.25) is 0 Å². The van der Waals surface area contributed by atoms with Crippen molar-refractivity contribution in [3.05, 3.63) is 132 Å². The number of carbonyl (C=O) groups is 2. The lowest BCUT2D eigenvalue weighted by Crippen LogP contribution is -2.52. The number of piperidine rings is 1. The van der Waals surface area contributed by atoms with Gasteiger partial charge in [0.1, 0.15) is 24.1 Å². The Hall–Kier alpha value is -4.59. The Kier molecular flexibility index (Phi) is 10.7. The zero-order chi connectivity index (χ0) is 30.6. The number of rotatable bonds is 12. The van der Waals surface area contributed by atoms with Gasteiger partial charge >= 0.3 is 19.8 Å². The highest BCUT2D eigenvalue weighted by Gasteiger charge is 2.37. The van der Waals surface area contributed by atoms with Crippen molar-refractivity contribution in [2.75, 3.05) is 13.1 Å². The lowest BCUT2D eigenvalue weighted by molar-refractivity contribution is -0.147. The largest absolute Gasteiger partial charge is 0.587 e. The number of hydrogen-bond acceptors (Lipinski definition) is 7. The molecule has 0 spiro atoms. The minimum atomic E-state index is -4.06. The maximum atomic E-state index is 13.8. The molecule has 1 atom stereocenters. The first-order chi connectivity index (χ1) is 21.5. The molecule has 0 aromatic heterocycles. The molecule has 228 valence electrons. The number of carbonyl (C=O) groups excluding carboxylic acids is 2. The summed E-state index contributed by atoms with van der Waals surface area (Å²) in [6.45, 7) is 0.758. The zero-order valence-corrected chi connectivity index (χ0v) is 25.1. The smallest absolute Gasteiger partial charge is 0.459 e. The van der Waals surface area contributed by atoms with Crippen molar-refractivity contribution in [1.29, 1.82) is 0 Å². The van der Waals surface area contributed by atoms with Crippen LogP contribution in [0, 0.1) is 0 Å². The molecule has 44 heavy (non-hydrogen) atoms. The molecule has 1 aliphatic rings. The van der Waals surface area contributed by atoms with E-state index < -0.39 is 25.9 Å². The third-order valence-electron chi connectivity index (χ3n) is 7.02. The van der Waals surface area contributed by atoms with E-state index in [2.05, 4.69) is 5.32 Å². The quantitative estimate of drug-likeness (QED) is 0.138. The van der Waals surface area contributed by atoms with Crippen LogP contribution in [0.3, 0.4) is 0 Å². The molecule has 0 saturated carbocycles. The van der Waals surface area contributed by atoms with Crippen LogP contribution in [0.4, 0.5) is 4.79 Å². The van der Waals surface area contributed by atoms with Crippen molar-refractivity contribution < 1.29 is 32.5 Å². The number of phosphoric ester groups is 1. The van der Waals surface area contributed by atoms with Gasteiger partial charge in [-0.05, 0) is 48.2 Å². The van der Waals surface area contributed by atoms with Crippen molar-refractivity contribution in [1.82, 2.24) is 10.2 Å². The average molecular weight is 615 g/mol. The number of phosphoric acid groups is 1. The molecule has 0 aliphatic carbocycles. The summed E-state index contributed by atoms with van der Waals surface area (Å²) < 4.78 is 36.8. The number of ether oxygens (including phenoxy) is 1. The van der Waals surface area contributed by atoms with Gasteiger partial charge in [-0.1, -0.05) is 97.1 Å². The van der Waals surface area contributed by atoms with Crippen LogP contribution in [-0.4, -0.2) is 42.1 Å². The van der Waals surface area contributed by atoms with Crippen LogP contribution in [0.5, 0.6) is 11.5 Å². The third-order valence-corrected chi connectivity index (χ3v) is 8.44. The molecule has 10 heteroatoms. The summed E-state index contributed by atoms with van der Waals surface area (Å²) >= 11 is 0. The van der Waals surface area contributed by atoms with Crippen LogP contribution >= 0.6 is 7.82 Å². The first kappa shape index (κ1) is 30.9. The Morgan fingerprint density at radius 2 is 1.20 bits per heavy atom. The minimum absolute atomic E-state index is 0.111. The van der Waals surface area contributed by atoms with E-state index in [0.717, 1.165) is 11.1 Å². The second-order valence-corrected chi connectivity index (χ2v) is 11.8. The van der Waals surface area contributed by atoms with Crippen molar-refractivity contribution in [2.45, 2.75) is 38.0 Å². The molecule has 9 nitrogen and oxygen atoms in total. The molecule has 0 unspecified atom stereocenters. The molecule has 2 amide bonds. The first-order valence-corrected chi connectivity index (χ1v) is 16.0. The van der Waals surface area contributed by atoms with Gasteiger partial charge in [0, 0.05) is 19.5 Å². The molecule has 0 bridgehead atoms. The molecule has 1 fully saturated rings. The van der Waals surface area contributed by atoms with Crippen LogP contribution in [-0.2, 0) is 31.6 Å². The lowest BCUT2D eigenvalue weighted by Gasteiger charge is -2.33. The summed E-state index contributed by atoms with van der Waals surface area (Å²) in [6, 6.07) is 35.0. The van der Waals surface area contributed by atoms with Gasteiger partial charge in [-0.15, -0.1) is 0 Å². The highest BCUT2D eigenvalue weighted by molar-refractivity contribution is 7.49. The Labute approximate surface area is 257 Å². The normalized spacial score (nSPS) is 14.3. The Morgan fingerprint density at radius 3 is 1.73 bits per heavy atom. The van der Waals surface area contributed by atoms with E-state index in [1.165, 1.54) is 0 Å². The number of esters is 1. The number of amides is 2. The first-order valence-electron chi connectivity index (χ1n) is 14.5. The maximum absolute atomic E-state index is 13.8. The van der Waals surface area contributed by atoms with E-state index in [9.17, 15) is 14.2 Å². The fourth-order valence-corrected chi connectivity index (χ4v) is 6.20. The van der Waals surface area contributed by atoms with E-state index in [4.69, 9.17) is 18.3 Å². The van der Waals surface area contributed by atoms with Gasteiger partial charge in [0.15, 0.2) is 0 Å². The van der Waals surface area contributed by atoms with Gasteiger partial charge in [-0.25, -0.2) is 14.2 Å². The minimum Gasteiger partial charge on any atom is -0.459 e. The fourth-order valence-electron chi connectivity index (χ4n) is 4.74. The molecule has 1 heterocycles. The van der Waals surface area contributed by atoms with Crippen molar-refractivity contribution in [3.63, 3.8) is 0 Å². The van der Waals surface area contributed by atoms with Gasteiger partial charge in [-0.3, -0.25) is 4.52 Å². The summed E-state index contributed by atoms with van der Waals surface area (Å²) in [6.07, 6.45) is 0.606. The standard InChI is InChI=1S/C34H35N2O7P/c37-33(40-26-28-15-7-2-8-16-28)32(25-27-13-5-1-6-14-27)35-34(38)36-23-21-31(22-24-36)43-44(39,41-29-17-9-3-10-18-29)42-30-19-11-4-12-20-30/h1-20,31-32H,21-26H2,(H,35,38)/t32-/m0/s1. The molecule has 1 saturated heterocycles. The van der Waals surface area contributed by atoms with Crippen molar-refractivity contribution in [2.24, 2.45) is 0 Å². The maximum Gasteiger partial charge on any atom is 0.587 e. The van der Waals surface area contributed by atoms with Crippen LogP contribution < -0.4 is 14.4 Å². The van der Waals surface area contributed by atoms with E-state index >= 15 is 0 Å². The van der Waals surface area contributed by atoms with Crippen molar-refractivity contribution in [3.8, 4) is 11.5 Å². The summed E-state index contributed by atoms with van der Waals surface area (Å²) in [7, 11) is -4.06. The Morgan fingerprint density at radius 1 is 0.727 bits per heavy atom. The van der Waals surface area contributed by atoms with Gasteiger partial charge < -0.3 is 24.0 Å². The van der Waals surface area contributed by atoms with Gasteiger partial charge in [0.05, 0.1) is 6.10 Å². The van der Waals surface area contributed by atoms with E-state index in [0.29, 0.717) is 37.4 Å². The summed E-state index contributed by atoms with van der Waals surface area (Å²) in [5.41, 5.74) is 1.76. The number of benzene rings is 4. The van der Waals surface area contributed by atoms with Crippen molar-refractivity contribution >= 4 is 19.8 Å². The highest BCUT2D eigenvalue weighted by atomic mass is 31.2. The zero-order valence-electron chi connectivity index (χ0n) is 24.2. The molecule has 5 rings (SSSR count).